The van der Waals surface area contributed by atoms with Gasteiger partial charge in [-0.3, -0.25) is 4.98 Å². The van der Waals surface area contributed by atoms with Crippen LogP contribution in [0.15, 0.2) is 34.4 Å². The van der Waals surface area contributed by atoms with Crippen molar-refractivity contribution in [2.75, 3.05) is 6.54 Å². The van der Waals surface area contributed by atoms with Gasteiger partial charge in [-0.2, -0.15) is 0 Å². The van der Waals surface area contributed by atoms with Gasteiger partial charge >= 0.3 is 0 Å². The van der Waals surface area contributed by atoms with Crippen LogP contribution in [0.5, 0.6) is 0 Å². The molecule has 0 radical (unpaired) electrons. The first-order chi connectivity index (χ1) is 8.22. The highest BCUT2D eigenvalue weighted by atomic mass is 79.9. The monoisotopic (exact) mass is 314 g/mol. The molecule has 1 aromatic heterocycles. The standard InChI is InChI=1S/C12H12BrFN2S/c1-2-16-12(11-6-15-7-17-11)9-5-8(13)3-4-10(9)14/h3-7,12,16H,2H2,1H3. The topological polar surface area (TPSA) is 24.9 Å². The molecule has 1 aromatic carbocycles. The van der Waals surface area contributed by atoms with Gasteiger partial charge in [0.05, 0.1) is 11.6 Å². The van der Waals surface area contributed by atoms with Crippen molar-refractivity contribution in [2.24, 2.45) is 0 Å². The van der Waals surface area contributed by atoms with E-state index in [1.807, 2.05) is 13.0 Å². The maximum atomic E-state index is 13.9. The van der Waals surface area contributed by atoms with Crippen LogP contribution in [0.25, 0.3) is 0 Å². The summed E-state index contributed by atoms with van der Waals surface area (Å²) in [5.74, 6) is -0.201. The second kappa shape index (κ2) is 5.71. The van der Waals surface area contributed by atoms with E-state index < -0.39 is 0 Å². The summed E-state index contributed by atoms with van der Waals surface area (Å²) in [7, 11) is 0. The Morgan fingerprint density at radius 3 is 3.00 bits per heavy atom. The fraction of sp³-hybridized carbons (Fsp3) is 0.250. The summed E-state index contributed by atoms with van der Waals surface area (Å²) in [5, 5.41) is 3.28. The fourth-order valence-electron chi connectivity index (χ4n) is 1.67. The summed E-state index contributed by atoms with van der Waals surface area (Å²) in [6.45, 7) is 2.78. The average molecular weight is 315 g/mol. The van der Waals surface area contributed by atoms with Crippen molar-refractivity contribution in [1.29, 1.82) is 0 Å². The molecule has 0 spiro atoms. The lowest BCUT2D eigenvalue weighted by atomic mass is 10.1. The number of thiazole rings is 1. The van der Waals surface area contributed by atoms with Gasteiger partial charge in [0.25, 0.3) is 0 Å². The Labute approximate surface area is 112 Å². The van der Waals surface area contributed by atoms with E-state index in [0.717, 1.165) is 15.9 Å². The highest BCUT2D eigenvalue weighted by molar-refractivity contribution is 9.10. The van der Waals surface area contributed by atoms with Crippen molar-refractivity contribution in [3.05, 3.63) is 50.6 Å². The summed E-state index contributed by atoms with van der Waals surface area (Å²) in [5.41, 5.74) is 2.40. The van der Waals surface area contributed by atoms with E-state index in [4.69, 9.17) is 0 Å². The van der Waals surface area contributed by atoms with Crippen molar-refractivity contribution < 1.29 is 4.39 Å². The quantitative estimate of drug-likeness (QED) is 0.929. The van der Waals surface area contributed by atoms with E-state index in [-0.39, 0.29) is 11.9 Å². The SMILES string of the molecule is CCNC(c1cncs1)c1cc(Br)ccc1F. The number of rotatable bonds is 4. The van der Waals surface area contributed by atoms with Crippen LogP contribution in [0.2, 0.25) is 0 Å². The van der Waals surface area contributed by atoms with Crippen LogP contribution in [0.4, 0.5) is 4.39 Å². The minimum absolute atomic E-state index is 0.134. The number of hydrogen-bond acceptors (Lipinski definition) is 3. The molecule has 2 rings (SSSR count). The van der Waals surface area contributed by atoms with Crippen LogP contribution in [0.3, 0.4) is 0 Å². The van der Waals surface area contributed by atoms with E-state index in [2.05, 4.69) is 26.2 Å². The summed E-state index contributed by atoms with van der Waals surface area (Å²) >= 11 is 4.90. The number of nitrogens with one attached hydrogen (secondary N) is 1. The van der Waals surface area contributed by atoms with E-state index in [9.17, 15) is 4.39 Å². The summed E-state index contributed by atoms with van der Waals surface area (Å²) < 4.78 is 14.7. The highest BCUT2D eigenvalue weighted by Crippen LogP contribution is 2.28. The average Bonchev–Trinajstić information content (AvgIpc) is 2.83. The molecule has 0 aliphatic heterocycles. The third-order valence-electron chi connectivity index (χ3n) is 2.41. The Bertz CT molecular complexity index is 487. The van der Waals surface area contributed by atoms with Crippen molar-refractivity contribution in [2.45, 2.75) is 13.0 Å². The van der Waals surface area contributed by atoms with Crippen molar-refractivity contribution in [1.82, 2.24) is 10.3 Å². The Kier molecular flexibility index (Phi) is 4.25. The van der Waals surface area contributed by atoms with Gasteiger partial charge in [0.15, 0.2) is 0 Å². The molecule has 90 valence electrons. The van der Waals surface area contributed by atoms with Gasteiger partial charge in [-0.15, -0.1) is 11.3 Å². The number of aromatic nitrogens is 1. The van der Waals surface area contributed by atoms with Crippen LogP contribution >= 0.6 is 27.3 Å². The lowest BCUT2D eigenvalue weighted by Crippen LogP contribution is -2.22. The zero-order chi connectivity index (χ0) is 12.3. The first-order valence-corrected chi connectivity index (χ1v) is 6.96. The molecule has 0 saturated carbocycles. The van der Waals surface area contributed by atoms with Crippen LogP contribution in [-0.2, 0) is 0 Å². The summed E-state index contributed by atoms with van der Waals surface area (Å²) in [4.78, 5) is 5.06. The van der Waals surface area contributed by atoms with Crippen molar-refractivity contribution in [3.8, 4) is 0 Å². The predicted molar refractivity (Wildman–Crippen MR) is 71.7 cm³/mol. The van der Waals surface area contributed by atoms with E-state index in [1.54, 1.807) is 17.8 Å². The van der Waals surface area contributed by atoms with Gasteiger partial charge in [-0.25, -0.2) is 4.39 Å². The molecule has 1 heterocycles. The van der Waals surface area contributed by atoms with Gasteiger partial charge in [0, 0.05) is 21.1 Å². The third-order valence-corrected chi connectivity index (χ3v) is 3.75. The van der Waals surface area contributed by atoms with Crippen molar-refractivity contribution in [3.63, 3.8) is 0 Å². The number of nitrogens with zero attached hydrogens (tertiary/aromatic N) is 1. The first-order valence-electron chi connectivity index (χ1n) is 5.29. The second-order valence-electron chi connectivity index (χ2n) is 3.56. The molecule has 1 atom stereocenters. The third kappa shape index (κ3) is 2.91. The largest absolute Gasteiger partial charge is 0.306 e. The van der Waals surface area contributed by atoms with Gasteiger partial charge in [-0.05, 0) is 24.7 Å². The summed E-state index contributed by atoms with van der Waals surface area (Å²) in [6.07, 6.45) is 1.78. The van der Waals surface area contributed by atoms with Crippen LogP contribution in [0, 0.1) is 5.82 Å². The lowest BCUT2D eigenvalue weighted by Gasteiger charge is -2.17. The molecule has 0 aliphatic rings. The lowest BCUT2D eigenvalue weighted by molar-refractivity contribution is 0.562. The molecular weight excluding hydrogens is 303 g/mol. The maximum absolute atomic E-state index is 13.9. The Hall–Kier alpha value is -0.780. The molecule has 0 bridgehead atoms. The molecule has 2 nitrogen and oxygen atoms in total. The fourth-order valence-corrected chi connectivity index (χ4v) is 2.76. The minimum atomic E-state index is -0.201. The number of hydrogen-bond donors (Lipinski definition) is 1. The Morgan fingerprint density at radius 2 is 2.35 bits per heavy atom. The normalized spacial score (nSPS) is 12.6. The molecule has 0 aliphatic carbocycles. The van der Waals surface area contributed by atoms with Gasteiger partial charge in [0.1, 0.15) is 5.82 Å². The van der Waals surface area contributed by atoms with E-state index >= 15 is 0 Å². The van der Waals surface area contributed by atoms with E-state index in [1.165, 1.54) is 17.4 Å². The van der Waals surface area contributed by atoms with Crippen LogP contribution in [-0.4, -0.2) is 11.5 Å². The smallest absolute Gasteiger partial charge is 0.128 e. The molecule has 1 N–H and O–H groups in total. The molecule has 1 unspecified atom stereocenters. The number of benzene rings is 1. The number of halogens is 2. The zero-order valence-electron chi connectivity index (χ0n) is 9.28. The zero-order valence-corrected chi connectivity index (χ0v) is 11.7. The van der Waals surface area contributed by atoms with Crippen LogP contribution < -0.4 is 5.32 Å². The molecule has 5 heteroatoms. The van der Waals surface area contributed by atoms with Crippen molar-refractivity contribution >= 4 is 27.3 Å². The Morgan fingerprint density at radius 1 is 1.53 bits per heavy atom. The molecule has 17 heavy (non-hydrogen) atoms. The molecular formula is C12H12BrFN2S. The van der Waals surface area contributed by atoms with Gasteiger partial charge < -0.3 is 5.32 Å². The second-order valence-corrected chi connectivity index (χ2v) is 5.39. The van der Waals surface area contributed by atoms with Gasteiger partial charge in [-0.1, -0.05) is 22.9 Å². The maximum Gasteiger partial charge on any atom is 0.128 e. The summed E-state index contributed by atoms with van der Waals surface area (Å²) in [6, 6.07) is 4.85. The first kappa shape index (κ1) is 12.7. The van der Waals surface area contributed by atoms with Gasteiger partial charge in [0.2, 0.25) is 0 Å². The highest BCUT2D eigenvalue weighted by Gasteiger charge is 2.18. The van der Waals surface area contributed by atoms with Crippen LogP contribution in [0.1, 0.15) is 23.4 Å². The predicted octanol–water partition coefficient (Wildman–Crippen LogP) is 3.74. The molecule has 0 amide bonds. The molecule has 0 saturated heterocycles. The minimum Gasteiger partial charge on any atom is -0.306 e. The molecule has 2 aromatic rings. The molecule has 0 fully saturated rings. The van der Waals surface area contributed by atoms with E-state index in [0.29, 0.717) is 5.56 Å². The Balaban J connectivity index is 2.42.